The second-order valence-electron chi connectivity index (χ2n) is 6.61. The highest BCUT2D eigenvalue weighted by molar-refractivity contribution is 5.27. The van der Waals surface area contributed by atoms with Crippen molar-refractivity contribution in [3.8, 4) is 0 Å². The molecule has 0 unspecified atom stereocenters. The summed E-state index contributed by atoms with van der Waals surface area (Å²) >= 11 is 0. The van der Waals surface area contributed by atoms with Crippen LogP contribution in [0, 0.1) is 0 Å². The average molecular weight is 348 g/mol. The molecule has 2 aromatic heterocycles. The van der Waals surface area contributed by atoms with Crippen LogP contribution in [0.1, 0.15) is 29.4 Å². The number of nitrogens with one attached hydrogen (secondary N) is 1. The highest BCUT2D eigenvalue weighted by Gasteiger charge is 2.19. The Hall–Kier alpha value is -2.73. The van der Waals surface area contributed by atoms with Gasteiger partial charge in [-0.25, -0.2) is 9.97 Å². The topological polar surface area (TPSA) is 58.9 Å². The van der Waals surface area contributed by atoms with Gasteiger partial charge >= 0.3 is 0 Å². The first kappa shape index (κ1) is 16.7. The van der Waals surface area contributed by atoms with E-state index in [1.54, 1.807) is 12.4 Å². The summed E-state index contributed by atoms with van der Waals surface area (Å²) in [6.45, 7) is 6.77. The maximum atomic E-state index is 4.71. The molecule has 134 valence electrons. The zero-order valence-electron chi connectivity index (χ0n) is 15.1. The van der Waals surface area contributed by atoms with Gasteiger partial charge in [-0.15, -0.1) is 0 Å². The molecule has 1 aliphatic rings. The number of fused-ring (bicyclic) bond motifs is 1. The molecule has 26 heavy (non-hydrogen) atoms. The SMILES string of the molecule is CCc1ccccc1CN1CCn2nc(CNc3ncccn3)cc2C1. The number of nitrogens with zero attached hydrogens (tertiary/aromatic N) is 5. The van der Waals surface area contributed by atoms with Crippen molar-refractivity contribution in [2.75, 3.05) is 11.9 Å². The number of aryl methyl sites for hydroxylation is 1. The van der Waals surface area contributed by atoms with Crippen LogP contribution >= 0.6 is 0 Å². The summed E-state index contributed by atoms with van der Waals surface area (Å²) in [4.78, 5) is 10.9. The molecule has 0 amide bonds. The highest BCUT2D eigenvalue weighted by Crippen LogP contribution is 2.19. The summed E-state index contributed by atoms with van der Waals surface area (Å²) < 4.78 is 2.13. The Morgan fingerprint density at radius 1 is 1.04 bits per heavy atom. The monoisotopic (exact) mass is 348 g/mol. The minimum Gasteiger partial charge on any atom is -0.348 e. The van der Waals surface area contributed by atoms with Gasteiger partial charge in [-0.05, 0) is 29.7 Å². The summed E-state index contributed by atoms with van der Waals surface area (Å²) in [5.41, 5.74) is 5.18. The molecule has 0 fully saturated rings. The van der Waals surface area contributed by atoms with Gasteiger partial charge in [-0.1, -0.05) is 31.2 Å². The molecule has 1 aliphatic heterocycles. The van der Waals surface area contributed by atoms with Crippen molar-refractivity contribution in [3.05, 3.63) is 71.3 Å². The molecule has 4 rings (SSSR count). The van der Waals surface area contributed by atoms with Gasteiger partial charge in [0.1, 0.15) is 0 Å². The van der Waals surface area contributed by atoms with E-state index in [0.717, 1.165) is 38.3 Å². The minimum absolute atomic E-state index is 0.635. The highest BCUT2D eigenvalue weighted by atomic mass is 15.3. The Bertz CT molecular complexity index is 858. The summed E-state index contributed by atoms with van der Waals surface area (Å²) in [6.07, 6.45) is 4.55. The van der Waals surface area contributed by atoms with Crippen molar-refractivity contribution >= 4 is 5.95 Å². The summed E-state index contributed by atoms with van der Waals surface area (Å²) in [7, 11) is 0. The predicted octanol–water partition coefficient (Wildman–Crippen LogP) is 2.86. The number of hydrogen-bond acceptors (Lipinski definition) is 5. The molecule has 3 aromatic rings. The molecule has 0 saturated heterocycles. The third-order valence-corrected chi connectivity index (χ3v) is 4.81. The van der Waals surface area contributed by atoms with Crippen LogP contribution in [-0.2, 0) is 32.6 Å². The lowest BCUT2D eigenvalue weighted by Gasteiger charge is -2.28. The first-order chi connectivity index (χ1) is 12.8. The lowest BCUT2D eigenvalue weighted by molar-refractivity contribution is 0.204. The van der Waals surface area contributed by atoms with Crippen LogP contribution < -0.4 is 5.32 Å². The van der Waals surface area contributed by atoms with E-state index in [1.165, 1.54) is 16.8 Å². The Labute approximate surface area is 153 Å². The quantitative estimate of drug-likeness (QED) is 0.742. The first-order valence-corrected chi connectivity index (χ1v) is 9.17. The van der Waals surface area contributed by atoms with Crippen molar-refractivity contribution in [1.29, 1.82) is 0 Å². The Kier molecular flexibility index (Phi) is 4.93. The van der Waals surface area contributed by atoms with E-state index in [9.17, 15) is 0 Å². The summed E-state index contributed by atoms with van der Waals surface area (Å²) in [5.74, 6) is 0.635. The number of rotatable bonds is 6. The van der Waals surface area contributed by atoms with Crippen LogP contribution in [0.15, 0.2) is 48.8 Å². The molecule has 0 spiro atoms. The molecule has 0 radical (unpaired) electrons. The van der Waals surface area contributed by atoms with Crippen LogP contribution in [0.4, 0.5) is 5.95 Å². The molecule has 0 aliphatic carbocycles. The minimum atomic E-state index is 0.635. The molecule has 6 heteroatoms. The van der Waals surface area contributed by atoms with Gasteiger partial charge < -0.3 is 5.32 Å². The van der Waals surface area contributed by atoms with Gasteiger partial charge in [0, 0.05) is 32.0 Å². The second kappa shape index (κ2) is 7.66. The van der Waals surface area contributed by atoms with Gasteiger partial charge in [0.2, 0.25) is 5.95 Å². The second-order valence-corrected chi connectivity index (χ2v) is 6.61. The van der Waals surface area contributed by atoms with E-state index in [1.807, 2.05) is 6.07 Å². The van der Waals surface area contributed by atoms with Crippen molar-refractivity contribution in [2.45, 2.75) is 39.5 Å². The Morgan fingerprint density at radius 2 is 1.85 bits per heavy atom. The molecule has 6 nitrogen and oxygen atoms in total. The number of anilines is 1. The zero-order valence-corrected chi connectivity index (χ0v) is 15.1. The zero-order chi connectivity index (χ0) is 17.8. The van der Waals surface area contributed by atoms with Crippen molar-refractivity contribution in [2.24, 2.45) is 0 Å². The van der Waals surface area contributed by atoms with Gasteiger partial charge in [0.15, 0.2) is 0 Å². The molecule has 1 N–H and O–H groups in total. The standard InChI is InChI=1S/C20H24N6/c1-2-16-6-3-4-7-17(16)14-25-10-11-26-19(15-25)12-18(24-26)13-23-20-21-8-5-9-22-20/h3-9,12H,2,10-11,13-15H2,1H3,(H,21,22,23). The van der Waals surface area contributed by atoms with Gasteiger partial charge in [0.05, 0.1) is 24.5 Å². The third kappa shape index (κ3) is 3.75. The van der Waals surface area contributed by atoms with Gasteiger partial charge in [-0.2, -0.15) is 5.10 Å². The van der Waals surface area contributed by atoms with Crippen LogP contribution in [0.2, 0.25) is 0 Å². The summed E-state index contributed by atoms with van der Waals surface area (Å²) in [6, 6.07) is 12.7. The van der Waals surface area contributed by atoms with Crippen LogP contribution in [0.25, 0.3) is 0 Å². The van der Waals surface area contributed by atoms with Gasteiger partial charge in [-0.3, -0.25) is 9.58 Å². The van der Waals surface area contributed by atoms with Crippen molar-refractivity contribution in [3.63, 3.8) is 0 Å². The molecule has 0 atom stereocenters. The molecule has 3 heterocycles. The molecular formula is C20H24N6. The lowest BCUT2D eigenvalue weighted by atomic mass is 10.0. The predicted molar refractivity (Wildman–Crippen MR) is 102 cm³/mol. The fraction of sp³-hybridized carbons (Fsp3) is 0.350. The molecule has 0 saturated carbocycles. The van der Waals surface area contributed by atoms with Gasteiger partial charge in [0.25, 0.3) is 0 Å². The van der Waals surface area contributed by atoms with E-state index >= 15 is 0 Å². The van der Waals surface area contributed by atoms with E-state index in [0.29, 0.717) is 12.5 Å². The smallest absolute Gasteiger partial charge is 0.222 e. The lowest BCUT2D eigenvalue weighted by Crippen LogP contribution is -2.33. The van der Waals surface area contributed by atoms with E-state index in [4.69, 9.17) is 5.10 Å². The Morgan fingerprint density at radius 3 is 2.65 bits per heavy atom. The number of benzene rings is 1. The van der Waals surface area contributed by atoms with Crippen molar-refractivity contribution in [1.82, 2.24) is 24.6 Å². The molecular weight excluding hydrogens is 324 g/mol. The normalized spacial score (nSPS) is 14.2. The maximum Gasteiger partial charge on any atom is 0.222 e. The summed E-state index contributed by atoms with van der Waals surface area (Å²) in [5, 5.41) is 7.94. The fourth-order valence-electron chi connectivity index (χ4n) is 3.46. The average Bonchev–Trinajstić information content (AvgIpc) is 3.10. The molecule has 1 aromatic carbocycles. The Balaban J connectivity index is 1.40. The van der Waals surface area contributed by atoms with E-state index in [2.05, 4.69) is 62.1 Å². The fourth-order valence-corrected chi connectivity index (χ4v) is 3.46. The van der Waals surface area contributed by atoms with E-state index in [-0.39, 0.29) is 0 Å². The molecule has 0 bridgehead atoms. The largest absolute Gasteiger partial charge is 0.348 e. The van der Waals surface area contributed by atoms with Crippen LogP contribution in [0.5, 0.6) is 0 Å². The maximum absolute atomic E-state index is 4.71. The van der Waals surface area contributed by atoms with Crippen LogP contribution in [-0.4, -0.2) is 31.2 Å². The van der Waals surface area contributed by atoms with Crippen LogP contribution in [0.3, 0.4) is 0 Å². The number of aromatic nitrogens is 4. The van der Waals surface area contributed by atoms with Crippen molar-refractivity contribution < 1.29 is 0 Å². The van der Waals surface area contributed by atoms with E-state index < -0.39 is 0 Å². The third-order valence-electron chi connectivity index (χ3n) is 4.81. The first-order valence-electron chi connectivity index (χ1n) is 9.17. The number of hydrogen-bond donors (Lipinski definition) is 1.